The number of aromatic nitrogens is 3. The van der Waals surface area contributed by atoms with Crippen molar-refractivity contribution >= 4 is 17.3 Å². The molecule has 0 saturated carbocycles. The highest BCUT2D eigenvalue weighted by molar-refractivity contribution is 5.89. The van der Waals surface area contributed by atoms with Crippen LogP contribution < -0.4 is 5.32 Å². The van der Waals surface area contributed by atoms with Crippen LogP contribution in [0.25, 0.3) is 0 Å². The molecule has 2 aromatic rings. The van der Waals surface area contributed by atoms with Crippen LogP contribution in [0, 0.1) is 10.1 Å². The van der Waals surface area contributed by atoms with Crippen LogP contribution in [0.1, 0.15) is 23.1 Å². The largest absolute Gasteiger partial charge is 0.478 e. The maximum absolute atomic E-state index is 11.0. The van der Waals surface area contributed by atoms with Crippen molar-refractivity contribution in [3.8, 4) is 0 Å². The minimum absolute atomic E-state index is 0.135. The van der Waals surface area contributed by atoms with E-state index in [4.69, 9.17) is 5.11 Å². The summed E-state index contributed by atoms with van der Waals surface area (Å²) < 4.78 is 1.80. The minimum atomic E-state index is -1.21. The Morgan fingerprint density at radius 1 is 1.52 bits per heavy atom. The van der Waals surface area contributed by atoms with Gasteiger partial charge in [-0.3, -0.25) is 10.1 Å². The molecule has 0 unspecified atom stereocenters. The van der Waals surface area contributed by atoms with Crippen molar-refractivity contribution < 1.29 is 14.8 Å². The number of nitro groups is 1. The van der Waals surface area contributed by atoms with Crippen molar-refractivity contribution in [2.45, 2.75) is 20.0 Å². The van der Waals surface area contributed by atoms with Crippen LogP contribution in [0.15, 0.2) is 24.5 Å². The van der Waals surface area contributed by atoms with E-state index in [1.54, 1.807) is 10.9 Å². The van der Waals surface area contributed by atoms with Gasteiger partial charge in [0.1, 0.15) is 12.0 Å². The molecule has 2 N–H and O–H groups in total. The number of carboxylic acids is 1. The second-order valence-electron chi connectivity index (χ2n) is 4.18. The topological polar surface area (TPSA) is 123 Å². The standard InChI is InChI=1S/C12H13N5O4/c1-2-16-7-14-15-11(16)6-13-9-4-3-8(12(18)19)5-10(9)17(20)21/h3-5,7,13H,2,6H2,1H3,(H,18,19). The van der Waals surface area contributed by atoms with Gasteiger partial charge in [0.2, 0.25) is 0 Å². The highest BCUT2D eigenvalue weighted by Gasteiger charge is 2.17. The fraction of sp³-hybridized carbons (Fsp3) is 0.250. The molecule has 0 saturated heterocycles. The van der Waals surface area contributed by atoms with Gasteiger partial charge in [-0.2, -0.15) is 0 Å². The molecule has 110 valence electrons. The Morgan fingerprint density at radius 3 is 2.90 bits per heavy atom. The zero-order valence-corrected chi connectivity index (χ0v) is 11.2. The van der Waals surface area contributed by atoms with Gasteiger partial charge in [0.25, 0.3) is 5.69 Å². The molecule has 1 aromatic carbocycles. The molecular weight excluding hydrogens is 278 g/mol. The van der Waals surface area contributed by atoms with Gasteiger partial charge < -0.3 is 15.0 Å². The fourth-order valence-corrected chi connectivity index (χ4v) is 1.82. The van der Waals surface area contributed by atoms with Gasteiger partial charge in [-0.25, -0.2) is 4.79 Å². The Bertz CT molecular complexity index is 682. The molecule has 0 bridgehead atoms. The third-order valence-electron chi connectivity index (χ3n) is 2.91. The normalized spacial score (nSPS) is 10.3. The predicted molar refractivity (Wildman–Crippen MR) is 73.1 cm³/mol. The number of aryl methyl sites for hydroxylation is 1. The summed E-state index contributed by atoms with van der Waals surface area (Å²) in [6.45, 7) is 2.86. The predicted octanol–water partition coefficient (Wildman–Crippen LogP) is 1.52. The van der Waals surface area contributed by atoms with Crippen LogP contribution in [0.5, 0.6) is 0 Å². The Kier molecular flexibility index (Phi) is 4.12. The van der Waals surface area contributed by atoms with Crippen molar-refractivity contribution in [3.63, 3.8) is 0 Å². The minimum Gasteiger partial charge on any atom is -0.478 e. The van der Waals surface area contributed by atoms with Crippen molar-refractivity contribution in [1.29, 1.82) is 0 Å². The molecule has 0 aliphatic heterocycles. The van der Waals surface area contributed by atoms with Gasteiger partial charge in [-0.1, -0.05) is 0 Å². The molecule has 21 heavy (non-hydrogen) atoms. The number of carboxylic acid groups (broad SMARTS) is 1. The zero-order chi connectivity index (χ0) is 15.4. The quantitative estimate of drug-likeness (QED) is 0.610. The average molecular weight is 291 g/mol. The van der Waals surface area contributed by atoms with E-state index in [1.165, 1.54) is 12.1 Å². The summed E-state index contributed by atoms with van der Waals surface area (Å²) in [6, 6.07) is 3.70. The van der Waals surface area contributed by atoms with Gasteiger partial charge in [0.05, 0.1) is 17.0 Å². The molecule has 0 atom stereocenters. The van der Waals surface area contributed by atoms with Crippen LogP contribution in [0.3, 0.4) is 0 Å². The molecule has 0 spiro atoms. The maximum atomic E-state index is 11.0. The molecule has 1 aromatic heterocycles. The second kappa shape index (κ2) is 5.99. The van der Waals surface area contributed by atoms with Gasteiger partial charge in [0.15, 0.2) is 5.82 Å². The number of benzene rings is 1. The van der Waals surface area contributed by atoms with Crippen molar-refractivity contribution in [2.24, 2.45) is 0 Å². The van der Waals surface area contributed by atoms with Crippen LogP contribution in [-0.4, -0.2) is 30.8 Å². The fourth-order valence-electron chi connectivity index (χ4n) is 1.82. The summed E-state index contributed by atoms with van der Waals surface area (Å²) in [6.07, 6.45) is 1.57. The number of rotatable bonds is 6. The highest BCUT2D eigenvalue weighted by Crippen LogP contribution is 2.26. The Hall–Kier alpha value is -2.97. The van der Waals surface area contributed by atoms with Gasteiger partial charge in [-0.05, 0) is 19.1 Å². The molecule has 0 fully saturated rings. The van der Waals surface area contributed by atoms with Gasteiger partial charge in [0, 0.05) is 12.6 Å². The lowest BCUT2D eigenvalue weighted by molar-refractivity contribution is -0.384. The first-order valence-corrected chi connectivity index (χ1v) is 6.15. The van der Waals surface area contributed by atoms with Crippen LogP contribution >= 0.6 is 0 Å². The number of nitrogens with zero attached hydrogens (tertiary/aromatic N) is 4. The number of nitrogens with one attached hydrogen (secondary N) is 1. The SMILES string of the molecule is CCn1cnnc1CNc1ccc(C(=O)O)cc1[N+](=O)[O-]. The molecule has 2 rings (SSSR count). The lowest BCUT2D eigenvalue weighted by Gasteiger charge is -2.08. The maximum Gasteiger partial charge on any atom is 0.335 e. The molecule has 0 aliphatic carbocycles. The first-order chi connectivity index (χ1) is 10.0. The Labute approximate surface area is 119 Å². The highest BCUT2D eigenvalue weighted by atomic mass is 16.6. The molecule has 0 radical (unpaired) electrons. The lowest BCUT2D eigenvalue weighted by Crippen LogP contribution is -2.09. The number of hydrogen-bond acceptors (Lipinski definition) is 6. The van der Waals surface area contributed by atoms with Crippen molar-refractivity contribution in [3.05, 3.63) is 46.0 Å². The average Bonchev–Trinajstić information content (AvgIpc) is 2.92. The van der Waals surface area contributed by atoms with Crippen LogP contribution in [0.2, 0.25) is 0 Å². The van der Waals surface area contributed by atoms with E-state index >= 15 is 0 Å². The van der Waals surface area contributed by atoms with E-state index in [9.17, 15) is 14.9 Å². The summed E-state index contributed by atoms with van der Waals surface area (Å²) in [5.41, 5.74) is -0.197. The molecule has 9 heteroatoms. The van der Waals surface area contributed by atoms with E-state index < -0.39 is 10.9 Å². The molecular formula is C12H13N5O4. The Morgan fingerprint density at radius 2 is 2.29 bits per heavy atom. The van der Waals surface area contributed by atoms with Crippen molar-refractivity contribution in [2.75, 3.05) is 5.32 Å². The third-order valence-corrected chi connectivity index (χ3v) is 2.91. The molecule has 0 amide bonds. The number of aromatic carboxylic acids is 1. The monoisotopic (exact) mass is 291 g/mol. The number of carbonyl (C=O) groups is 1. The molecule has 0 aliphatic rings. The number of anilines is 1. The van der Waals surface area contributed by atoms with E-state index in [-0.39, 0.29) is 23.5 Å². The molecule has 1 heterocycles. The summed E-state index contributed by atoms with van der Waals surface area (Å²) in [7, 11) is 0. The number of nitro benzene ring substituents is 1. The Balaban J connectivity index is 2.23. The summed E-state index contributed by atoms with van der Waals surface area (Å²) in [5.74, 6) is -0.579. The smallest absolute Gasteiger partial charge is 0.335 e. The summed E-state index contributed by atoms with van der Waals surface area (Å²) in [4.78, 5) is 21.2. The van der Waals surface area contributed by atoms with Crippen LogP contribution in [-0.2, 0) is 13.1 Å². The van der Waals surface area contributed by atoms with Gasteiger partial charge >= 0.3 is 5.97 Å². The summed E-state index contributed by atoms with van der Waals surface area (Å²) >= 11 is 0. The van der Waals surface area contributed by atoms with Crippen molar-refractivity contribution in [1.82, 2.24) is 14.8 Å². The third kappa shape index (κ3) is 3.14. The molecule has 9 nitrogen and oxygen atoms in total. The number of hydrogen-bond donors (Lipinski definition) is 2. The first kappa shape index (κ1) is 14.4. The van der Waals surface area contributed by atoms with Gasteiger partial charge in [-0.15, -0.1) is 10.2 Å². The lowest BCUT2D eigenvalue weighted by atomic mass is 10.1. The van der Waals surface area contributed by atoms with Crippen LogP contribution in [0.4, 0.5) is 11.4 Å². The summed E-state index contributed by atoms with van der Waals surface area (Å²) in [5, 5.41) is 30.4. The zero-order valence-electron chi connectivity index (χ0n) is 11.2. The van der Waals surface area contributed by atoms with E-state index in [1.807, 2.05) is 6.92 Å². The second-order valence-corrected chi connectivity index (χ2v) is 4.18. The van der Waals surface area contributed by atoms with E-state index in [0.717, 1.165) is 6.07 Å². The van der Waals surface area contributed by atoms with E-state index in [2.05, 4.69) is 15.5 Å². The first-order valence-electron chi connectivity index (χ1n) is 6.15. The van der Waals surface area contributed by atoms with E-state index in [0.29, 0.717) is 12.4 Å².